The lowest BCUT2D eigenvalue weighted by Crippen LogP contribution is -1.99. The van der Waals surface area contributed by atoms with Gasteiger partial charge >= 0.3 is 0 Å². The van der Waals surface area contributed by atoms with Crippen molar-refractivity contribution in [2.75, 3.05) is 0 Å². The van der Waals surface area contributed by atoms with Crippen LogP contribution in [0.5, 0.6) is 0 Å². The summed E-state index contributed by atoms with van der Waals surface area (Å²) in [6.45, 7) is 3.81. The van der Waals surface area contributed by atoms with Gasteiger partial charge in [0.2, 0.25) is 0 Å². The molecule has 0 radical (unpaired) electrons. The number of fused-ring (bicyclic) bond motifs is 1. The van der Waals surface area contributed by atoms with Gasteiger partial charge in [-0.15, -0.1) is 11.3 Å². The highest BCUT2D eigenvalue weighted by molar-refractivity contribution is 7.13. The van der Waals surface area contributed by atoms with Gasteiger partial charge < -0.3 is 9.51 Å². The number of nitrogens with zero attached hydrogens (tertiary/aromatic N) is 2. The molecule has 0 amide bonds. The first-order valence-electron chi connectivity index (χ1n) is 5.88. The molecule has 0 aliphatic heterocycles. The molecule has 4 heteroatoms. The molecule has 3 nitrogen and oxygen atoms in total. The van der Waals surface area contributed by atoms with Crippen LogP contribution in [0.1, 0.15) is 24.3 Å². The Morgan fingerprint density at radius 3 is 2.83 bits per heavy atom. The van der Waals surface area contributed by atoms with Gasteiger partial charge in [0.15, 0.2) is 0 Å². The topological polar surface area (TPSA) is 37.5 Å². The van der Waals surface area contributed by atoms with Crippen molar-refractivity contribution in [2.45, 2.75) is 20.0 Å². The van der Waals surface area contributed by atoms with Gasteiger partial charge in [0.05, 0.1) is 16.7 Å². The van der Waals surface area contributed by atoms with Crippen molar-refractivity contribution in [1.82, 2.24) is 9.38 Å². The van der Waals surface area contributed by atoms with E-state index in [-0.39, 0.29) is 0 Å². The molecule has 0 fully saturated rings. The Bertz CT molecular complexity index is 683. The van der Waals surface area contributed by atoms with Crippen molar-refractivity contribution < 1.29 is 5.11 Å². The lowest BCUT2D eigenvalue weighted by atomic mass is 10.2. The number of pyridine rings is 1. The standard InChI is InChI=1S/C14H14N2OS/c1-9-5-3-7-16-13(10(2)17)12(15-14(9)16)11-6-4-8-18-11/h3-8,10,17H,1-2H3. The Hall–Kier alpha value is -1.65. The average molecular weight is 258 g/mol. The van der Waals surface area contributed by atoms with Crippen molar-refractivity contribution >= 4 is 17.0 Å². The number of aliphatic hydroxyl groups excluding tert-OH is 1. The van der Waals surface area contributed by atoms with Gasteiger partial charge in [-0.1, -0.05) is 12.1 Å². The van der Waals surface area contributed by atoms with Gasteiger partial charge in [-0.25, -0.2) is 4.98 Å². The summed E-state index contributed by atoms with van der Waals surface area (Å²) in [5.74, 6) is 0. The van der Waals surface area contributed by atoms with Crippen LogP contribution in [0.25, 0.3) is 16.2 Å². The van der Waals surface area contributed by atoms with Crippen LogP contribution in [0, 0.1) is 6.92 Å². The van der Waals surface area contributed by atoms with Crippen LogP contribution < -0.4 is 0 Å². The largest absolute Gasteiger partial charge is 0.387 e. The van der Waals surface area contributed by atoms with Gasteiger partial charge in [0.1, 0.15) is 11.3 Å². The monoisotopic (exact) mass is 258 g/mol. The fraction of sp³-hybridized carbons (Fsp3) is 0.214. The zero-order valence-electron chi connectivity index (χ0n) is 10.3. The van der Waals surface area contributed by atoms with E-state index in [9.17, 15) is 5.11 Å². The molecule has 1 N–H and O–H groups in total. The first-order valence-corrected chi connectivity index (χ1v) is 6.76. The summed E-state index contributed by atoms with van der Waals surface area (Å²) in [7, 11) is 0. The molecule has 0 aromatic carbocycles. The van der Waals surface area contributed by atoms with E-state index in [1.54, 1.807) is 18.3 Å². The summed E-state index contributed by atoms with van der Waals surface area (Å²) >= 11 is 1.64. The lowest BCUT2D eigenvalue weighted by Gasteiger charge is -2.06. The summed E-state index contributed by atoms with van der Waals surface area (Å²) in [6.07, 6.45) is 1.41. The number of aryl methyl sites for hydroxylation is 1. The molecule has 3 aromatic rings. The first-order chi connectivity index (χ1) is 8.68. The predicted octanol–water partition coefficient (Wildman–Crippen LogP) is 3.42. The third kappa shape index (κ3) is 1.65. The maximum absolute atomic E-state index is 10.0. The van der Waals surface area contributed by atoms with Crippen molar-refractivity contribution in [3.8, 4) is 10.6 Å². The molecule has 0 aliphatic carbocycles. The molecular formula is C14H14N2OS. The molecule has 3 heterocycles. The van der Waals surface area contributed by atoms with Gasteiger partial charge in [-0.3, -0.25) is 0 Å². The summed E-state index contributed by atoms with van der Waals surface area (Å²) in [5, 5.41) is 12.1. The molecular weight excluding hydrogens is 244 g/mol. The molecule has 0 bridgehead atoms. The van der Waals surface area contributed by atoms with E-state index < -0.39 is 6.10 Å². The van der Waals surface area contributed by atoms with Crippen molar-refractivity contribution in [2.24, 2.45) is 0 Å². The molecule has 92 valence electrons. The predicted molar refractivity (Wildman–Crippen MR) is 73.9 cm³/mol. The molecule has 3 rings (SSSR count). The van der Waals surface area contributed by atoms with Crippen LogP contribution in [-0.4, -0.2) is 14.5 Å². The fourth-order valence-corrected chi connectivity index (χ4v) is 2.94. The van der Waals surface area contributed by atoms with Crippen LogP contribution >= 0.6 is 11.3 Å². The number of hydrogen-bond donors (Lipinski definition) is 1. The zero-order valence-corrected chi connectivity index (χ0v) is 11.1. The number of aromatic nitrogens is 2. The van der Waals surface area contributed by atoms with Crippen LogP contribution in [0.3, 0.4) is 0 Å². The quantitative estimate of drug-likeness (QED) is 0.764. The molecule has 3 aromatic heterocycles. The molecule has 18 heavy (non-hydrogen) atoms. The van der Waals surface area contributed by atoms with Crippen LogP contribution in [0.2, 0.25) is 0 Å². The lowest BCUT2D eigenvalue weighted by molar-refractivity contribution is 0.194. The third-order valence-electron chi connectivity index (χ3n) is 3.03. The first kappa shape index (κ1) is 11.4. The normalized spacial score (nSPS) is 13.1. The molecule has 0 spiro atoms. The number of aliphatic hydroxyl groups is 1. The highest BCUT2D eigenvalue weighted by atomic mass is 32.1. The Balaban J connectivity index is 2.38. The van der Waals surface area contributed by atoms with E-state index in [0.717, 1.165) is 27.5 Å². The smallest absolute Gasteiger partial charge is 0.140 e. The number of hydrogen-bond acceptors (Lipinski definition) is 3. The van der Waals surface area contributed by atoms with Crippen LogP contribution in [-0.2, 0) is 0 Å². The second kappa shape index (κ2) is 4.23. The number of rotatable bonds is 2. The Kier molecular flexibility index (Phi) is 2.69. The van der Waals surface area contributed by atoms with E-state index in [4.69, 9.17) is 0 Å². The minimum absolute atomic E-state index is 0.543. The second-order valence-corrected chi connectivity index (χ2v) is 5.33. The zero-order chi connectivity index (χ0) is 12.7. The van der Waals surface area contributed by atoms with E-state index in [2.05, 4.69) is 4.98 Å². The second-order valence-electron chi connectivity index (χ2n) is 4.38. The van der Waals surface area contributed by atoms with Gasteiger partial charge in [0, 0.05) is 6.20 Å². The highest BCUT2D eigenvalue weighted by Crippen LogP contribution is 2.32. The maximum Gasteiger partial charge on any atom is 0.140 e. The van der Waals surface area contributed by atoms with E-state index in [0.29, 0.717) is 0 Å². The maximum atomic E-state index is 10.0. The van der Waals surface area contributed by atoms with Crippen LogP contribution in [0.15, 0.2) is 35.8 Å². The van der Waals surface area contributed by atoms with Crippen molar-refractivity contribution in [3.05, 3.63) is 47.1 Å². The van der Waals surface area contributed by atoms with Crippen LogP contribution in [0.4, 0.5) is 0 Å². The third-order valence-corrected chi connectivity index (χ3v) is 3.91. The van der Waals surface area contributed by atoms with Crippen molar-refractivity contribution in [1.29, 1.82) is 0 Å². The van der Waals surface area contributed by atoms with E-state index >= 15 is 0 Å². The average Bonchev–Trinajstić information content (AvgIpc) is 2.95. The minimum atomic E-state index is -0.543. The summed E-state index contributed by atoms with van der Waals surface area (Å²) in [5.41, 5.74) is 3.77. The van der Waals surface area contributed by atoms with Gasteiger partial charge in [-0.2, -0.15) is 0 Å². The van der Waals surface area contributed by atoms with Gasteiger partial charge in [0.25, 0.3) is 0 Å². The SMILES string of the molecule is Cc1cccn2c(C(C)O)c(-c3cccs3)nc12. The minimum Gasteiger partial charge on any atom is -0.387 e. The molecule has 1 atom stereocenters. The summed E-state index contributed by atoms with van der Waals surface area (Å²) in [4.78, 5) is 5.78. The molecule has 1 unspecified atom stereocenters. The summed E-state index contributed by atoms with van der Waals surface area (Å²) < 4.78 is 1.98. The Morgan fingerprint density at radius 2 is 2.17 bits per heavy atom. The molecule has 0 aliphatic rings. The van der Waals surface area contributed by atoms with E-state index in [1.807, 2.05) is 47.2 Å². The van der Waals surface area contributed by atoms with Crippen molar-refractivity contribution in [3.63, 3.8) is 0 Å². The fourth-order valence-electron chi connectivity index (χ4n) is 2.22. The highest BCUT2D eigenvalue weighted by Gasteiger charge is 2.18. The Labute approximate surface area is 109 Å². The molecule has 0 saturated carbocycles. The van der Waals surface area contributed by atoms with Gasteiger partial charge in [-0.05, 0) is 36.9 Å². The molecule has 0 saturated heterocycles. The summed E-state index contributed by atoms with van der Waals surface area (Å²) in [6, 6.07) is 8.05. The Morgan fingerprint density at radius 1 is 1.33 bits per heavy atom. The number of imidazole rings is 1. The number of thiophene rings is 1. The van der Waals surface area contributed by atoms with E-state index in [1.165, 1.54) is 0 Å².